The fraction of sp³-hybridized carbons (Fsp3) is 0.350. The molecule has 0 aliphatic carbocycles. The summed E-state index contributed by atoms with van der Waals surface area (Å²) in [6.45, 7) is 3.36. The Morgan fingerprint density at radius 3 is 2.69 bits per heavy atom. The van der Waals surface area contributed by atoms with Gasteiger partial charge in [0.15, 0.2) is 6.10 Å². The lowest BCUT2D eigenvalue weighted by Gasteiger charge is -2.34. The highest BCUT2D eigenvalue weighted by Gasteiger charge is 2.37. The number of benzene rings is 2. The van der Waals surface area contributed by atoms with Crippen LogP contribution in [0.15, 0.2) is 53.4 Å². The van der Waals surface area contributed by atoms with Gasteiger partial charge in [-0.2, -0.15) is 0 Å². The average molecular weight is 439 g/mol. The Bertz CT molecular complexity index is 950. The molecule has 1 aliphatic heterocycles. The van der Waals surface area contributed by atoms with Crippen molar-refractivity contribution in [3.63, 3.8) is 0 Å². The summed E-state index contributed by atoms with van der Waals surface area (Å²) < 4.78 is 38.7. The van der Waals surface area contributed by atoms with Crippen molar-refractivity contribution < 1.29 is 22.7 Å². The third kappa shape index (κ3) is 5.01. The van der Waals surface area contributed by atoms with Gasteiger partial charge in [-0.05, 0) is 49.7 Å². The van der Waals surface area contributed by atoms with Gasteiger partial charge in [0, 0.05) is 24.8 Å². The van der Waals surface area contributed by atoms with E-state index in [9.17, 15) is 13.2 Å². The summed E-state index contributed by atoms with van der Waals surface area (Å²) in [5, 5.41) is 3.22. The zero-order chi connectivity index (χ0) is 20.9. The first-order valence-corrected chi connectivity index (χ1v) is 11.1. The van der Waals surface area contributed by atoms with Crippen molar-refractivity contribution in [2.45, 2.75) is 24.3 Å². The summed E-state index contributed by atoms with van der Waals surface area (Å²) in [6.07, 6.45) is -0.297. The summed E-state index contributed by atoms with van der Waals surface area (Å²) in [4.78, 5) is 12.7. The van der Waals surface area contributed by atoms with E-state index < -0.39 is 16.1 Å². The lowest BCUT2D eigenvalue weighted by atomic mass is 10.2. The molecule has 1 heterocycles. The van der Waals surface area contributed by atoms with Crippen LogP contribution >= 0.6 is 11.6 Å². The second kappa shape index (κ2) is 9.47. The predicted molar refractivity (Wildman–Crippen MR) is 111 cm³/mol. The Kier molecular flexibility index (Phi) is 7.00. The lowest BCUT2D eigenvalue weighted by molar-refractivity contribution is -0.127. The molecule has 0 aromatic heterocycles. The highest BCUT2D eigenvalue weighted by atomic mass is 35.5. The predicted octanol–water partition coefficient (Wildman–Crippen LogP) is 2.84. The van der Waals surface area contributed by atoms with Crippen molar-refractivity contribution in [3.8, 4) is 5.75 Å². The van der Waals surface area contributed by atoms with E-state index in [0.29, 0.717) is 42.6 Å². The second-order valence-electron chi connectivity index (χ2n) is 6.41. The molecule has 9 heteroatoms. The number of nitrogens with one attached hydrogen (secondary N) is 1. The topological polar surface area (TPSA) is 84.9 Å². The fourth-order valence-corrected chi connectivity index (χ4v) is 4.55. The number of amides is 1. The van der Waals surface area contributed by atoms with Gasteiger partial charge in [0.1, 0.15) is 5.75 Å². The molecule has 1 aliphatic rings. The van der Waals surface area contributed by atoms with Crippen LogP contribution in [0.3, 0.4) is 0 Å². The van der Waals surface area contributed by atoms with Crippen molar-refractivity contribution in [1.29, 1.82) is 0 Å². The number of hydrogen-bond acceptors (Lipinski definition) is 5. The van der Waals surface area contributed by atoms with Crippen LogP contribution in [0.4, 0.5) is 5.69 Å². The normalized spacial score (nSPS) is 16.1. The van der Waals surface area contributed by atoms with Gasteiger partial charge >= 0.3 is 0 Å². The van der Waals surface area contributed by atoms with Crippen LogP contribution in [0.1, 0.15) is 13.3 Å². The van der Waals surface area contributed by atoms with Gasteiger partial charge in [0.05, 0.1) is 17.1 Å². The number of rotatable bonds is 8. The van der Waals surface area contributed by atoms with Crippen LogP contribution in [0.25, 0.3) is 0 Å². The van der Waals surface area contributed by atoms with Crippen molar-refractivity contribution in [3.05, 3.63) is 53.6 Å². The number of anilines is 1. The first kappa shape index (κ1) is 21.4. The van der Waals surface area contributed by atoms with E-state index in [1.165, 1.54) is 28.6 Å². The quantitative estimate of drug-likeness (QED) is 0.640. The third-order valence-electron chi connectivity index (χ3n) is 4.40. The fourth-order valence-electron chi connectivity index (χ4n) is 2.94. The maximum Gasteiger partial charge on any atom is 0.264 e. The number of hydrogen-bond donors (Lipinski definition) is 1. The minimum Gasteiger partial charge on any atom is -0.476 e. The summed E-state index contributed by atoms with van der Waals surface area (Å²) >= 11 is 5.88. The monoisotopic (exact) mass is 438 g/mol. The Morgan fingerprint density at radius 2 is 1.97 bits per heavy atom. The summed E-state index contributed by atoms with van der Waals surface area (Å²) in [5.41, 5.74) is 0.392. The van der Waals surface area contributed by atoms with Crippen molar-refractivity contribution in [2.75, 3.05) is 30.6 Å². The van der Waals surface area contributed by atoms with Crippen LogP contribution in [-0.2, 0) is 19.6 Å². The number of sulfonamides is 1. The zero-order valence-electron chi connectivity index (χ0n) is 16.0. The Morgan fingerprint density at radius 1 is 1.24 bits per heavy atom. The molecular formula is C20H23ClN2O5S. The lowest BCUT2D eigenvalue weighted by Crippen LogP contribution is -2.50. The maximum absolute atomic E-state index is 13.2. The molecule has 2 aromatic rings. The van der Waals surface area contributed by atoms with E-state index in [-0.39, 0.29) is 17.3 Å². The highest BCUT2D eigenvalue weighted by Crippen LogP contribution is 2.36. The molecule has 0 radical (unpaired) electrons. The average Bonchev–Trinajstić information content (AvgIpc) is 2.73. The van der Waals surface area contributed by atoms with Crippen LogP contribution in [-0.4, -0.2) is 46.7 Å². The van der Waals surface area contributed by atoms with E-state index in [2.05, 4.69) is 5.32 Å². The molecule has 0 fully saturated rings. The van der Waals surface area contributed by atoms with Gasteiger partial charge in [0.2, 0.25) is 0 Å². The van der Waals surface area contributed by atoms with Crippen LogP contribution in [0.5, 0.6) is 5.75 Å². The molecule has 1 amide bonds. The minimum absolute atomic E-state index is 0.0921. The van der Waals surface area contributed by atoms with E-state index in [0.717, 1.165) is 0 Å². The number of ether oxygens (including phenoxy) is 2. The SMILES string of the molecule is CCOCCCNC(=O)C1CN(S(=O)(=O)c2ccc(Cl)cc2)c2ccccc2O1. The van der Waals surface area contributed by atoms with Gasteiger partial charge in [-0.15, -0.1) is 0 Å². The highest BCUT2D eigenvalue weighted by molar-refractivity contribution is 7.92. The smallest absolute Gasteiger partial charge is 0.264 e. The summed E-state index contributed by atoms with van der Waals surface area (Å²) in [5.74, 6) is -0.0296. The Hall–Kier alpha value is -2.29. The molecule has 0 saturated heterocycles. The second-order valence-corrected chi connectivity index (χ2v) is 8.70. The largest absolute Gasteiger partial charge is 0.476 e. The summed E-state index contributed by atoms with van der Waals surface area (Å²) in [7, 11) is -3.90. The van der Waals surface area contributed by atoms with Gasteiger partial charge in [0.25, 0.3) is 15.9 Å². The number of nitrogens with zero attached hydrogens (tertiary/aromatic N) is 1. The Labute approximate surface area is 175 Å². The van der Waals surface area contributed by atoms with E-state index in [4.69, 9.17) is 21.1 Å². The van der Waals surface area contributed by atoms with E-state index in [1.807, 2.05) is 6.92 Å². The summed E-state index contributed by atoms with van der Waals surface area (Å²) in [6, 6.07) is 12.7. The molecule has 0 spiro atoms. The van der Waals surface area contributed by atoms with Gasteiger partial charge in [-0.1, -0.05) is 23.7 Å². The van der Waals surface area contributed by atoms with Crippen molar-refractivity contribution in [1.82, 2.24) is 5.32 Å². The molecule has 29 heavy (non-hydrogen) atoms. The minimum atomic E-state index is -3.90. The van der Waals surface area contributed by atoms with Gasteiger partial charge in [-0.25, -0.2) is 8.42 Å². The van der Waals surface area contributed by atoms with E-state index >= 15 is 0 Å². The Balaban J connectivity index is 1.81. The molecule has 1 atom stereocenters. The third-order valence-corrected chi connectivity index (χ3v) is 6.44. The van der Waals surface area contributed by atoms with Crippen molar-refractivity contribution >= 4 is 33.2 Å². The molecule has 0 bridgehead atoms. The molecule has 1 N–H and O–H groups in total. The molecule has 0 saturated carbocycles. The number of carbonyl (C=O) groups excluding carboxylic acids is 1. The first-order valence-electron chi connectivity index (χ1n) is 9.33. The zero-order valence-corrected chi connectivity index (χ0v) is 17.6. The molecular weight excluding hydrogens is 416 g/mol. The molecule has 3 rings (SSSR count). The number of para-hydroxylation sites is 2. The maximum atomic E-state index is 13.2. The van der Waals surface area contributed by atoms with Crippen LogP contribution < -0.4 is 14.4 Å². The standard InChI is InChI=1S/C20H23ClN2O5S/c1-2-27-13-5-12-22-20(24)19-14-23(17-6-3-4-7-18(17)28-19)29(25,26)16-10-8-15(21)9-11-16/h3-4,6-11,19H,2,5,12-14H2,1H3,(H,22,24). The van der Waals surface area contributed by atoms with Crippen LogP contribution in [0, 0.1) is 0 Å². The number of carbonyl (C=O) groups is 1. The van der Waals surface area contributed by atoms with Gasteiger partial charge < -0.3 is 14.8 Å². The molecule has 7 nitrogen and oxygen atoms in total. The number of fused-ring (bicyclic) bond motifs is 1. The van der Waals surface area contributed by atoms with Crippen molar-refractivity contribution in [2.24, 2.45) is 0 Å². The number of halogens is 1. The first-order chi connectivity index (χ1) is 13.9. The van der Waals surface area contributed by atoms with E-state index in [1.54, 1.807) is 24.3 Å². The molecule has 1 unspecified atom stereocenters. The molecule has 156 valence electrons. The van der Waals surface area contributed by atoms with Gasteiger partial charge in [-0.3, -0.25) is 9.10 Å². The molecule has 2 aromatic carbocycles. The van der Waals surface area contributed by atoms with Crippen LogP contribution in [0.2, 0.25) is 5.02 Å².